The number of halogens is 3. The number of hydrogen-bond donors (Lipinski definition) is 0. The fourth-order valence-electron chi connectivity index (χ4n) is 2.82. The fraction of sp³-hybridized carbons (Fsp3) is 0.412. The second-order valence-electron chi connectivity index (χ2n) is 6.04. The van der Waals surface area contributed by atoms with Crippen molar-refractivity contribution in [1.82, 2.24) is 4.31 Å². The van der Waals surface area contributed by atoms with E-state index in [1.54, 1.807) is 12.1 Å². The highest BCUT2D eigenvalue weighted by molar-refractivity contribution is 7.89. The van der Waals surface area contributed by atoms with Crippen LogP contribution >= 0.6 is 11.3 Å². The van der Waals surface area contributed by atoms with Gasteiger partial charge in [-0.1, -0.05) is 12.1 Å². The van der Waals surface area contributed by atoms with E-state index in [1.807, 2.05) is 5.38 Å². The number of thiophene rings is 1. The number of hydrogen-bond acceptors (Lipinski definition) is 4. The first-order chi connectivity index (χ1) is 12.3. The lowest BCUT2D eigenvalue weighted by Gasteiger charge is -2.24. The Morgan fingerprint density at radius 3 is 2.65 bits per heavy atom. The molecule has 0 radical (unpaired) electrons. The fourth-order valence-corrected chi connectivity index (χ4v) is 5.12. The largest absolute Gasteiger partial charge is 0.416 e. The van der Waals surface area contributed by atoms with Crippen molar-refractivity contribution in [2.24, 2.45) is 0 Å². The van der Waals surface area contributed by atoms with Crippen molar-refractivity contribution in [1.29, 1.82) is 0 Å². The highest BCUT2D eigenvalue weighted by Crippen LogP contribution is 2.32. The number of benzene rings is 1. The zero-order valence-electron chi connectivity index (χ0n) is 13.8. The van der Waals surface area contributed by atoms with Crippen LogP contribution in [0.5, 0.6) is 0 Å². The van der Waals surface area contributed by atoms with Crippen molar-refractivity contribution in [2.75, 3.05) is 13.2 Å². The Hall–Kier alpha value is -1.42. The van der Waals surface area contributed by atoms with E-state index in [0.717, 1.165) is 29.9 Å². The number of nitrogens with zero attached hydrogens (tertiary/aromatic N) is 1. The number of sulfonamides is 1. The monoisotopic (exact) mass is 405 g/mol. The van der Waals surface area contributed by atoms with E-state index in [4.69, 9.17) is 4.74 Å². The van der Waals surface area contributed by atoms with E-state index >= 15 is 0 Å². The molecule has 0 spiro atoms. The lowest BCUT2D eigenvalue weighted by atomic mass is 10.2. The summed E-state index contributed by atoms with van der Waals surface area (Å²) in [5.41, 5.74) is -0.980. The van der Waals surface area contributed by atoms with Crippen molar-refractivity contribution in [2.45, 2.75) is 36.6 Å². The summed E-state index contributed by atoms with van der Waals surface area (Å²) < 4.78 is 71.7. The van der Waals surface area contributed by atoms with E-state index in [1.165, 1.54) is 21.7 Å². The van der Waals surface area contributed by atoms with Gasteiger partial charge in [0.1, 0.15) is 0 Å². The van der Waals surface area contributed by atoms with Crippen molar-refractivity contribution in [3.8, 4) is 0 Å². The minimum absolute atomic E-state index is 0.107. The summed E-state index contributed by atoms with van der Waals surface area (Å²) in [5, 5.41) is 1.83. The molecule has 1 unspecified atom stereocenters. The zero-order chi connectivity index (χ0) is 18.8. The summed E-state index contributed by atoms with van der Waals surface area (Å²) in [6.07, 6.45) is -3.26. The molecule has 1 aromatic heterocycles. The van der Waals surface area contributed by atoms with Crippen LogP contribution in [0.4, 0.5) is 13.2 Å². The van der Waals surface area contributed by atoms with Gasteiger partial charge in [0, 0.05) is 24.6 Å². The van der Waals surface area contributed by atoms with Gasteiger partial charge in [-0.15, -0.1) is 11.3 Å². The average molecular weight is 405 g/mol. The molecule has 1 aliphatic rings. The smallest absolute Gasteiger partial charge is 0.377 e. The molecule has 1 atom stereocenters. The van der Waals surface area contributed by atoms with Gasteiger partial charge in [-0.2, -0.15) is 17.5 Å². The molecule has 0 N–H and O–H groups in total. The zero-order valence-corrected chi connectivity index (χ0v) is 15.4. The van der Waals surface area contributed by atoms with Crippen LogP contribution in [0.15, 0.2) is 46.7 Å². The van der Waals surface area contributed by atoms with Gasteiger partial charge in [0.25, 0.3) is 0 Å². The van der Waals surface area contributed by atoms with Gasteiger partial charge in [-0.05, 0) is 42.5 Å². The SMILES string of the molecule is O=S(=O)(c1cccc(C(F)(F)F)c1)N(Cc1cccs1)CC1CCCO1. The van der Waals surface area contributed by atoms with Gasteiger partial charge in [0.2, 0.25) is 10.0 Å². The average Bonchev–Trinajstić information content (AvgIpc) is 3.27. The Labute approximate surface area is 154 Å². The van der Waals surface area contributed by atoms with Gasteiger partial charge in [0.05, 0.1) is 16.6 Å². The van der Waals surface area contributed by atoms with Gasteiger partial charge >= 0.3 is 6.18 Å². The second-order valence-corrected chi connectivity index (χ2v) is 9.01. The Bertz CT molecular complexity index is 829. The first-order valence-electron chi connectivity index (χ1n) is 8.08. The van der Waals surface area contributed by atoms with Crippen LogP contribution < -0.4 is 0 Å². The Morgan fingerprint density at radius 2 is 2.04 bits per heavy atom. The molecule has 1 fully saturated rings. The summed E-state index contributed by atoms with van der Waals surface area (Å²) in [4.78, 5) is 0.459. The van der Waals surface area contributed by atoms with E-state index in [9.17, 15) is 21.6 Å². The maximum absolute atomic E-state index is 13.0. The molecule has 2 aromatic rings. The standard InChI is InChI=1S/C17H18F3NO3S2/c18-17(19,20)13-4-1-7-16(10-13)26(22,23)21(11-14-5-2-8-24-14)12-15-6-3-9-25-15/h1,3-4,6-7,9-10,14H,2,5,8,11-12H2. The van der Waals surface area contributed by atoms with Gasteiger partial charge in [0.15, 0.2) is 0 Å². The second kappa shape index (κ2) is 7.67. The third-order valence-corrected chi connectivity index (χ3v) is 6.81. The van der Waals surface area contributed by atoms with E-state index in [0.29, 0.717) is 12.7 Å². The molecule has 2 heterocycles. The molecule has 3 rings (SSSR count). The normalized spacial score (nSPS) is 18.5. The van der Waals surface area contributed by atoms with Gasteiger partial charge in [-0.25, -0.2) is 8.42 Å². The molecule has 0 aliphatic carbocycles. The Morgan fingerprint density at radius 1 is 1.23 bits per heavy atom. The molecule has 9 heteroatoms. The minimum atomic E-state index is -4.60. The molecule has 0 amide bonds. The highest BCUT2D eigenvalue weighted by Gasteiger charge is 2.34. The van der Waals surface area contributed by atoms with Gasteiger partial charge < -0.3 is 4.74 Å². The predicted octanol–water partition coefficient (Wildman–Crippen LogP) is 4.14. The maximum Gasteiger partial charge on any atom is 0.416 e. The number of ether oxygens (including phenoxy) is 1. The quantitative estimate of drug-likeness (QED) is 0.726. The summed E-state index contributed by atoms with van der Waals surface area (Å²) >= 11 is 1.40. The van der Waals surface area contributed by atoms with Gasteiger partial charge in [-0.3, -0.25) is 0 Å². The summed E-state index contributed by atoms with van der Waals surface area (Å²) in [6.45, 7) is 0.799. The highest BCUT2D eigenvalue weighted by atomic mass is 32.2. The molecule has 1 aliphatic heterocycles. The molecular weight excluding hydrogens is 387 g/mol. The maximum atomic E-state index is 13.0. The molecule has 26 heavy (non-hydrogen) atoms. The lowest BCUT2D eigenvalue weighted by molar-refractivity contribution is -0.137. The summed E-state index contributed by atoms with van der Waals surface area (Å²) in [6, 6.07) is 7.47. The predicted molar refractivity (Wildman–Crippen MR) is 92.3 cm³/mol. The minimum Gasteiger partial charge on any atom is -0.377 e. The van der Waals surface area contributed by atoms with Crippen LogP contribution in [0.25, 0.3) is 0 Å². The first kappa shape index (κ1) is 19.3. The Kier molecular flexibility index (Phi) is 5.71. The Balaban J connectivity index is 1.92. The van der Waals surface area contributed by atoms with E-state index in [2.05, 4.69) is 0 Å². The molecule has 1 saturated heterocycles. The van der Waals surface area contributed by atoms with Crippen LogP contribution in [-0.4, -0.2) is 32.0 Å². The number of rotatable bonds is 6. The van der Waals surface area contributed by atoms with E-state index in [-0.39, 0.29) is 24.1 Å². The van der Waals surface area contributed by atoms with Crippen molar-refractivity contribution in [3.05, 3.63) is 52.2 Å². The molecule has 1 aromatic carbocycles. The third-order valence-electron chi connectivity index (χ3n) is 4.14. The lowest BCUT2D eigenvalue weighted by Crippen LogP contribution is -2.36. The summed E-state index contributed by atoms with van der Waals surface area (Å²) in [5.74, 6) is 0. The van der Waals surface area contributed by atoms with Crippen LogP contribution in [0.3, 0.4) is 0 Å². The van der Waals surface area contributed by atoms with E-state index < -0.39 is 21.8 Å². The van der Waals surface area contributed by atoms with Crippen LogP contribution in [-0.2, 0) is 27.5 Å². The molecular formula is C17H18F3NO3S2. The first-order valence-corrected chi connectivity index (χ1v) is 10.4. The van der Waals surface area contributed by atoms with Crippen LogP contribution in [0, 0.1) is 0 Å². The molecule has 142 valence electrons. The van der Waals surface area contributed by atoms with Crippen molar-refractivity contribution < 1.29 is 26.3 Å². The topological polar surface area (TPSA) is 46.6 Å². The third kappa shape index (κ3) is 4.46. The summed E-state index contributed by atoms with van der Waals surface area (Å²) in [7, 11) is -4.09. The molecule has 0 saturated carbocycles. The van der Waals surface area contributed by atoms with Crippen LogP contribution in [0.2, 0.25) is 0 Å². The van der Waals surface area contributed by atoms with Crippen LogP contribution in [0.1, 0.15) is 23.3 Å². The molecule has 0 bridgehead atoms. The number of alkyl halides is 3. The molecule has 4 nitrogen and oxygen atoms in total. The van der Waals surface area contributed by atoms with Crippen molar-refractivity contribution in [3.63, 3.8) is 0 Å². The van der Waals surface area contributed by atoms with Crippen molar-refractivity contribution >= 4 is 21.4 Å².